The third kappa shape index (κ3) is 4.90. The van der Waals surface area contributed by atoms with Crippen molar-refractivity contribution in [2.75, 3.05) is 51.3 Å². The van der Waals surface area contributed by atoms with Gasteiger partial charge in [0, 0.05) is 38.4 Å². The minimum absolute atomic E-state index is 0.343. The van der Waals surface area contributed by atoms with E-state index in [2.05, 4.69) is 46.2 Å². The van der Waals surface area contributed by atoms with E-state index in [4.69, 9.17) is 9.47 Å². The maximum atomic E-state index is 10.6. The summed E-state index contributed by atoms with van der Waals surface area (Å²) in [6.07, 6.45) is 8.14. The Morgan fingerprint density at radius 3 is 1.97 bits per heavy atom. The lowest BCUT2D eigenvalue weighted by Crippen LogP contribution is -2.49. The minimum atomic E-state index is -0.481. The summed E-state index contributed by atoms with van der Waals surface area (Å²) in [6.45, 7) is 4.82. The van der Waals surface area contributed by atoms with Crippen LogP contribution in [0, 0.1) is 17.8 Å². The number of methoxy groups -OCH3 is 1. The predicted octanol–water partition coefficient (Wildman–Crippen LogP) is 4.72. The fraction of sp³-hybridized carbons (Fsp3) is 0.600. The zero-order chi connectivity index (χ0) is 23.8. The van der Waals surface area contributed by atoms with Crippen molar-refractivity contribution in [3.8, 4) is 11.5 Å². The monoisotopic (exact) mass is 476 g/mol. The highest BCUT2D eigenvalue weighted by molar-refractivity contribution is 5.49. The largest absolute Gasteiger partial charge is 0.497 e. The van der Waals surface area contributed by atoms with Crippen LogP contribution in [0.15, 0.2) is 48.5 Å². The summed E-state index contributed by atoms with van der Waals surface area (Å²) in [5.74, 6) is 4.65. The normalized spacial score (nSPS) is 30.9. The van der Waals surface area contributed by atoms with Gasteiger partial charge in [0.15, 0.2) is 0 Å². The van der Waals surface area contributed by atoms with Gasteiger partial charge in [0.2, 0.25) is 0 Å². The zero-order valence-corrected chi connectivity index (χ0v) is 21.1. The fourth-order valence-corrected chi connectivity index (χ4v) is 7.89. The van der Waals surface area contributed by atoms with Gasteiger partial charge in [-0.2, -0.15) is 0 Å². The first-order valence-corrected chi connectivity index (χ1v) is 13.6. The molecule has 0 amide bonds. The molecule has 2 aromatic carbocycles. The van der Waals surface area contributed by atoms with Crippen molar-refractivity contribution < 1.29 is 14.6 Å². The highest BCUT2D eigenvalue weighted by Gasteiger charge is 2.51. The molecular weight excluding hydrogens is 436 g/mol. The second-order valence-electron chi connectivity index (χ2n) is 11.7. The molecule has 5 fully saturated rings. The SMILES string of the molecule is COc1ccc(N2CCN(C[C@H](O)COc3ccc(C45CC6CC(CC(C6)C4)C5)cc3)CC2)cc1. The van der Waals surface area contributed by atoms with Crippen LogP contribution >= 0.6 is 0 Å². The number of ether oxygens (including phenoxy) is 2. The van der Waals surface area contributed by atoms with E-state index < -0.39 is 6.10 Å². The second kappa shape index (κ2) is 9.67. The summed E-state index contributed by atoms with van der Waals surface area (Å²) in [5, 5.41) is 10.6. The number of aliphatic hydroxyl groups excluding tert-OH is 1. The highest BCUT2D eigenvalue weighted by atomic mass is 16.5. The zero-order valence-electron chi connectivity index (χ0n) is 21.1. The van der Waals surface area contributed by atoms with Gasteiger partial charge in [-0.05, 0) is 104 Å². The molecule has 0 radical (unpaired) electrons. The molecular formula is C30H40N2O3. The maximum absolute atomic E-state index is 10.6. The van der Waals surface area contributed by atoms with Crippen LogP contribution in [-0.2, 0) is 5.41 Å². The molecule has 188 valence electrons. The number of β-amino-alcohol motifs (C(OH)–C–C–N with tert-alkyl or cyclic N) is 1. The third-order valence-corrected chi connectivity index (χ3v) is 9.23. The first-order valence-electron chi connectivity index (χ1n) is 13.6. The van der Waals surface area contributed by atoms with Crippen LogP contribution in [0.1, 0.15) is 44.1 Å². The fourth-order valence-electron chi connectivity index (χ4n) is 7.89. The van der Waals surface area contributed by atoms with E-state index >= 15 is 0 Å². The van der Waals surface area contributed by atoms with Crippen molar-refractivity contribution in [2.24, 2.45) is 17.8 Å². The molecule has 1 aliphatic heterocycles. The van der Waals surface area contributed by atoms with Crippen LogP contribution in [0.5, 0.6) is 11.5 Å². The van der Waals surface area contributed by atoms with Crippen molar-refractivity contribution in [1.82, 2.24) is 4.90 Å². The van der Waals surface area contributed by atoms with Gasteiger partial charge in [0.25, 0.3) is 0 Å². The number of benzene rings is 2. The summed E-state index contributed by atoms with van der Waals surface area (Å²) in [5.41, 5.74) is 3.19. The lowest BCUT2D eigenvalue weighted by molar-refractivity contribution is -0.00522. The van der Waals surface area contributed by atoms with Gasteiger partial charge in [-0.3, -0.25) is 4.90 Å². The van der Waals surface area contributed by atoms with Crippen LogP contribution < -0.4 is 14.4 Å². The van der Waals surface area contributed by atoms with Crippen molar-refractivity contribution in [2.45, 2.75) is 50.0 Å². The smallest absolute Gasteiger partial charge is 0.119 e. The number of piperazine rings is 1. The first-order chi connectivity index (χ1) is 17.1. The van der Waals surface area contributed by atoms with E-state index in [1.165, 1.54) is 49.8 Å². The molecule has 4 bridgehead atoms. The van der Waals surface area contributed by atoms with Crippen molar-refractivity contribution in [3.63, 3.8) is 0 Å². The molecule has 0 unspecified atom stereocenters. The lowest BCUT2D eigenvalue weighted by atomic mass is 9.48. The number of nitrogens with zero attached hydrogens (tertiary/aromatic N) is 2. The molecule has 5 aliphatic rings. The lowest BCUT2D eigenvalue weighted by Gasteiger charge is -2.57. The topological polar surface area (TPSA) is 45.2 Å². The Bertz CT molecular complexity index is 946. The standard InChI is InChI=1S/C30H40N2O3/c1-34-28-8-4-26(5-9-28)32-12-10-31(11-13-32)20-27(33)21-35-29-6-2-25(3-7-29)30-17-22-14-23(18-30)16-24(15-22)19-30/h2-9,22-24,27,33H,10-21H2,1H3/t22?,23?,24?,27-,30?/m0/s1. The molecule has 4 aliphatic carbocycles. The van der Waals surface area contributed by atoms with Crippen molar-refractivity contribution >= 4 is 5.69 Å². The Morgan fingerprint density at radius 1 is 0.829 bits per heavy atom. The van der Waals surface area contributed by atoms with E-state index in [0.29, 0.717) is 18.6 Å². The molecule has 5 heteroatoms. The van der Waals surface area contributed by atoms with Gasteiger partial charge in [-0.15, -0.1) is 0 Å². The van der Waals surface area contributed by atoms with E-state index in [1.807, 2.05) is 12.1 Å². The molecule has 1 saturated heterocycles. The van der Waals surface area contributed by atoms with Crippen LogP contribution in [-0.4, -0.2) is 62.6 Å². The summed E-state index contributed by atoms with van der Waals surface area (Å²) in [7, 11) is 1.70. The molecule has 4 saturated carbocycles. The Morgan fingerprint density at radius 2 is 1.40 bits per heavy atom. The Labute approximate surface area is 210 Å². The molecule has 1 heterocycles. The average Bonchev–Trinajstić information content (AvgIpc) is 2.87. The first kappa shape index (κ1) is 23.2. The molecule has 1 atom stereocenters. The number of hydrogen-bond donors (Lipinski definition) is 1. The predicted molar refractivity (Wildman–Crippen MR) is 139 cm³/mol. The molecule has 2 aromatic rings. The van der Waals surface area contributed by atoms with Gasteiger partial charge >= 0.3 is 0 Å². The van der Waals surface area contributed by atoms with E-state index in [9.17, 15) is 5.11 Å². The van der Waals surface area contributed by atoms with E-state index in [0.717, 1.165) is 55.4 Å². The number of hydrogen-bond acceptors (Lipinski definition) is 5. The van der Waals surface area contributed by atoms with Crippen LogP contribution in [0.4, 0.5) is 5.69 Å². The third-order valence-electron chi connectivity index (χ3n) is 9.23. The summed E-state index contributed by atoms with van der Waals surface area (Å²) in [4.78, 5) is 4.73. The van der Waals surface area contributed by atoms with Crippen LogP contribution in [0.3, 0.4) is 0 Å². The number of anilines is 1. The van der Waals surface area contributed by atoms with E-state index in [-0.39, 0.29) is 0 Å². The summed E-state index contributed by atoms with van der Waals surface area (Å²) >= 11 is 0. The number of rotatable bonds is 8. The van der Waals surface area contributed by atoms with Gasteiger partial charge in [-0.25, -0.2) is 0 Å². The van der Waals surface area contributed by atoms with Gasteiger partial charge in [0.05, 0.1) is 7.11 Å². The average molecular weight is 477 g/mol. The minimum Gasteiger partial charge on any atom is -0.497 e. The summed E-state index contributed by atoms with van der Waals surface area (Å²) in [6, 6.07) is 17.2. The van der Waals surface area contributed by atoms with E-state index in [1.54, 1.807) is 7.11 Å². The van der Waals surface area contributed by atoms with Crippen LogP contribution in [0.25, 0.3) is 0 Å². The van der Waals surface area contributed by atoms with Crippen molar-refractivity contribution in [1.29, 1.82) is 0 Å². The molecule has 1 N–H and O–H groups in total. The molecule has 5 nitrogen and oxygen atoms in total. The van der Waals surface area contributed by atoms with Gasteiger partial charge in [0.1, 0.15) is 24.2 Å². The molecule has 35 heavy (non-hydrogen) atoms. The molecule has 0 spiro atoms. The van der Waals surface area contributed by atoms with Crippen LogP contribution in [0.2, 0.25) is 0 Å². The quantitative estimate of drug-likeness (QED) is 0.597. The highest BCUT2D eigenvalue weighted by Crippen LogP contribution is 2.60. The molecule has 0 aromatic heterocycles. The second-order valence-corrected chi connectivity index (χ2v) is 11.7. The Balaban J connectivity index is 0.964. The maximum Gasteiger partial charge on any atom is 0.119 e. The van der Waals surface area contributed by atoms with Gasteiger partial charge in [-0.1, -0.05) is 12.1 Å². The number of aliphatic hydroxyl groups is 1. The summed E-state index contributed by atoms with van der Waals surface area (Å²) < 4.78 is 11.3. The molecule has 7 rings (SSSR count). The Kier molecular flexibility index (Phi) is 6.40. The van der Waals surface area contributed by atoms with Crippen molar-refractivity contribution in [3.05, 3.63) is 54.1 Å². The Hall–Kier alpha value is -2.24. The van der Waals surface area contributed by atoms with Gasteiger partial charge < -0.3 is 19.5 Å².